The van der Waals surface area contributed by atoms with Gasteiger partial charge in [0.25, 0.3) is 0 Å². The SMILES string of the molecule is CCc1ccc(C(=O)[C@H](C)OC(=O)c2cc(OC)c(OC)c(OC)c2)cc1. The molecule has 2 rings (SSSR count). The number of ketones is 1. The molecule has 2 aromatic carbocycles. The summed E-state index contributed by atoms with van der Waals surface area (Å²) in [6, 6.07) is 10.2. The Morgan fingerprint density at radius 2 is 1.44 bits per heavy atom. The van der Waals surface area contributed by atoms with Crippen molar-refractivity contribution in [3.05, 3.63) is 53.1 Å². The maximum Gasteiger partial charge on any atom is 0.339 e. The first-order valence-corrected chi connectivity index (χ1v) is 8.59. The van der Waals surface area contributed by atoms with E-state index >= 15 is 0 Å². The zero-order valence-electron chi connectivity index (χ0n) is 16.2. The number of carbonyl (C=O) groups is 2. The normalized spacial score (nSPS) is 11.4. The summed E-state index contributed by atoms with van der Waals surface area (Å²) in [5.74, 6) is 0.117. The molecule has 0 saturated carbocycles. The first-order chi connectivity index (χ1) is 12.9. The van der Waals surface area contributed by atoms with E-state index in [-0.39, 0.29) is 11.3 Å². The van der Waals surface area contributed by atoms with Crippen LogP contribution in [-0.4, -0.2) is 39.2 Å². The molecular formula is C21H24O6. The Balaban J connectivity index is 2.19. The third-order valence-electron chi connectivity index (χ3n) is 4.20. The second kappa shape index (κ2) is 9.07. The molecule has 1 atom stereocenters. The first kappa shape index (κ1) is 20.3. The van der Waals surface area contributed by atoms with E-state index in [0.29, 0.717) is 22.8 Å². The summed E-state index contributed by atoms with van der Waals surface area (Å²) in [5, 5.41) is 0. The molecule has 27 heavy (non-hydrogen) atoms. The lowest BCUT2D eigenvalue weighted by Gasteiger charge is -2.16. The van der Waals surface area contributed by atoms with Crippen molar-refractivity contribution in [2.75, 3.05) is 21.3 Å². The van der Waals surface area contributed by atoms with E-state index in [1.165, 1.54) is 33.5 Å². The van der Waals surface area contributed by atoms with Gasteiger partial charge in [0.1, 0.15) is 0 Å². The van der Waals surface area contributed by atoms with Gasteiger partial charge in [-0.1, -0.05) is 31.2 Å². The van der Waals surface area contributed by atoms with E-state index in [2.05, 4.69) is 0 Å². The highest BCUT2D eigenvalue weighted by molar-refractivity contribution is 6.01. The molecule has 0 unspecified atom stereocenters. The lowest BCUT2D eigenvalue weighted by atomic mass is 10.0. The maximum atomic E-state index is 12.5. The molecule has 0 aliphatic carbocycles. The molecule has 0 aliphatic rings. The minimum Gasteiger partial charge on any atom is -0.493 e. The number of aryl methyl sites for hydroxylation is 1. The van der Waals surface area contributed by atoms with Crippen LogP contribution in [0, 0.1) is 0 Å². The average molecular weight is 372 g/mol. The van der Waals surface area contributed by atoms with E-state index in [4.69, 9.17) is 18.9 Å². The predicted molar refractivity (Wildman–Crippen MR) is 101 cm³/mol. The molecule has 0 fully saturated rings. The highest BCUT2D eigenvalue weighted by Gasteiger charge is 2.23. The molecule has 0 bridgehead atoms. The molecule has 144 valence electrons. The third-order valence-corrected chi connectivity index (χ3v) is 4.20. The van der Waals surface area contributed by atoms with Gasteiger partial charge in [-0.15, -0.1) is 0 Å². The minimum absolute atomic E-state index is 0.200. The van der Waals surface area contributed by atoms with Crippen LogP contribution < -0.4 is 14.2 Å². The summed E-state index contributed by atoms with van der Waals surface area (Å²) >= 11 is 0. The Hall–Kier alpha value is -3.02. The highest BCUT2D eigenvalue weighted by atomic mass is 16.5. The molecule has 0 saturated heterocycles. The third kappa shape index (κ3) is 4.58. The van der Waals surface area contributed by atoms with Crippen LogP contribution in [0.15, 0.2) is 36.4 Å². The Kier molecular flexibility index (Phi) is 6.82. The van der Waals surface area contributed by atoms with E-state index in [1.807, 2.05) is 19.1 Å². The Labute approximate surface area is 159 Å². The molecule has 6 heteroatoms. The second-order valence-corrected chi connectivity index (χ2v) is 5.88. The average Bonchev–Trinajstić information content (AvgIpc) is 2.71. The number of benzene rings is 2. The Morgan fingerprint density at radius 3 is 1.89 bits per heavy atom. The molecular weight excluding hydrogens is 348 g/mol. The maximum absolute atomic E-state index is 12.5. The number of ether oxygens (including phenoxy) is 4. The second-order valence-electron chi connectivity index (χ2n) is 5.88. The molecule has 0 radical (unpaired) electrons. The number of methoxy groups -OCH3 is 3. The molecule has 0 aromatic heterocycles. The van der Waals surface area contributed by atoms with Crippen LogP contribution in [-0.2, 0) is 11.2 Å². The monoisotopic (exact) mass is 372 g/mol. The van der Waals surface area contributed by atoms with Gasteiger partial charge in [-0.25, -0.2) is 4.79 Å². The van der Waals surface area contributed by atoms with Crippen LogP contribution in [0.2, 0.25) is 0 Å². The Bertz CT molecular complexity index is 785. The summed E-state index contributed by atoms with van der Waals surface area (Å²) in [6.45, 7) is 3.59. The zero-order valence-corrected chi connectivity index (χ0v) is 16.2. The van der Waals surface area contributed by atoms with Gasteiger partial charge in [-0.05, 0) is 31.0 Å². The van der Waals surface area contributed by atoms with Crippen LogP contribution in [0.3, 0.4) is 0 Å². The van der Waals surface area contributed by atoms with Crippen molar-refractivity contribution in [3.8, 4) is 17.2 Å². The van der Waals surface area contributed by atoms with E-state index in [1.54, 1.807) is 19.1 Å². The highest BCUT2D eigenvalue weighted by Crippen LogP contribution is 2.38. The number of rotatable bonds is 8. The van der Waals surface area contributed by atoms with Crippen molar-refractivity contribution in [1.29, 1.82) is 0 Å². The predicted octanol–water partition coefficient (Wildman–Crippen LogP) is 3.70. The summed E-state index contributed by atoms with van der Waals surface area (Å²) in [6.07, 6.45) is -0.0378. The van der Waals surface area contributed by atoms with E-state index < -0.39 is 12.1 Å². The fourth-order valence-electron chi connectivity index (χ4n) is 2.62. The number of hydrogen-bond acceptors (Lipinski definition) is 6. The zero-order chi connectivity index (χ0) is 20.0. The topological polar surface area (TPSA) is 71.1 Å². The van der Waals surface area contributed by atoms with Gasteiger partial charge in [0.15, 0.2) is 17.6 Å². The lowest BCUT2D eigenvalue weighted by molar-refractivity contribution is 0.0318. The van der Waals surface area contributed by atoms with Gasteiger partial charge in [0, 0.05) is 5.56 Å². The van der Waals surface area contributed by atoms with Crippen LogP contribution in [0.5, 0.6) is 17.2 Å². The molecule has 2 aromatic rings. The minimum atomic E-state index is -0.927. The molecule has 0 heterocycles. The summed E-state index contributed by atoms with van der Waals surface area (Å²) < 4.78 is 21.0. The van der Waals surface area contributed by atoms with Crippen LogP contribution in [0.4, 0.5) is 0 Å². The van der Waals surface area contributed by atoms with Gasteiger partial charge in [-0.3, -0.25) is 4.79 Å². The largest absolute Gasteiger partial charge is 0.493 e. The summed E-state index contributed by atoms with van der Waals surface area (Å²) in [4.78, 5) is 25.0. The summed E-state index contributed by atoms with van der Waals surface area (Å²) in [7, 11) is 4.39. The summed E-state index contributed by atoms with van der Waals surface area (Å²) in [5.41, 5.74) is 1.83. The van der Waals surface area contributed by atoms with Gasteiger partial charge >= 0.3 is 5.97 Å². The van der Waals surface area contributed by atoms with Crippen molar-refractivity contribution < 1.29 is 28.5 Å². The van der Waals surface area contributed by atoms with Crippen LogP contribution in [0.25, 0.3) is 0 Å². The number of Topliss-reactive ketones (excluding diaryl/α,β-unsaturated/α-hetero) is 1. The molecule has 0 amide bonds. The fraction of sp³-hybridized carbons (Fsp3) is 0.333. The van der Waals surface area contributed by atoms with Gasteiger partial charge in [-0.2, -0.15) is 0 Å². The Morgan fingerprint density at radius 1 is 0.889 bits per heavy atom. The van der Waals surface area contributed by atoms with Crippen LogP contribution in [0.1, 0.15) is 40.1 Å². The van der Waals surface area contributed by atoms with Crippen molar-refractivity contribution in [3.63, 3.8) is 0 Å². The van der Waals surface area contributed by atoms with Crippen molar-refractivity contribution in [2.45, 2.75) is 26.4 Å². The molecule has 6 nitrogen and oxygen atoms in total. The molecule has 0 aliphatic heterocycles. The lowest BCUT2D eigenvalue weighted by Crippen LogP contribution is -2.24. The van der Waals surface area contributed by atoms with Crippen molar-refractivity contribution >= 4 is 11.8 Å². The number of esters is 1. The number of carbonyl (C=O) groups excluding carboxylic acids is 2. The quantitative estimate of drug-likeness (QED) is 0.520. The van der Waals surface area contributed by atoms with Gasteiger partial charge < -0.3 is 18.9 Å². The van der Waals surface area contributed by atoms with E-state index in [9.17, 15) is 9.59 Å². The van der Waals surface area contributed by atoms with Gasteiger partial charge in [0.05, 0.1) is 26.9 Å². The standard InChI is InChI=1S/C21H24O6/c1-6-14-7-9-15(10-8-14)19(22)13(2)27-21(23)16-11-17(24-3)20(26-5)18(12-16)25-4/h7-13H,6H2,1-5H3/t13-/m0/s1. The van der Waals surface area contributed by atoms with Crippen LogP contribution >= 0.6 is 0 Å². The smallest absolute Gasteiger partial charge is 0.339 e. The molecule has 0 N–H and O–H groups in total. The van der Waals surface area contributed by atoms with Gasteiger partial charge in [0.2, 0.25) is 11.5 Å². The number of hydrogen-bond donors (Lipinski definition) is 0. The van der Waals surface area contributed by atoms with E-state index in [0.717, 1.165) is 12.0 Å². The molecule has 0 spiro atoms. The van der Waals surface area contributed by atoms with Crippen molar-refractivity contribution in [1.82, 2.24) is 0 Å². The fourth-order valence-corrected chi connectivity index (χ4v) is 2.62. The van der Waals surface area contributed by atoms with Crippen molar-refractivity contribution in [2.24, 2.45) is 0 Å². The first-order valence-electron chi connectivity index (χ1n) is 8.59.